The normalized spacial score (nSPS) is 18.9. The largest absolute Gasteiger partial charge is 0.240 e. The average Bonchev–Trinajstić information content (AvgIpc) is 2.76. The lowest BCUT2D eigenvalue weighted by Gasteiger charge is -2.26. The molecular formula is C28H31FN+. The predicted molar refractivity (Wildman–Crippen MR) is 125 cm³/mol. The summed E-state index contributed by atoms with van der Waals surface area (Å²) in [5.74, 6) is 1.42. The Labute approximate surface area is 179 Å². The molecule has 1 fully saturated rings. The quantitative estimate of drug-likeness (QED) is 0.312. The minimum absolute atomic E-state index is 0.181. The second-order valence-electron chi connectivity index (χ2n) is 8.98. The average molecular weight is 401 g/mol. The molecule has 0 spiro atoms. The molecule has 0 aromatic heterocycles. The summed E-state index contributed by atoms with van der Waals surface area (Å²) in [4.78, 5) is 0. The zero-order valence-electron chi connectivity index (χ0n) is 18.1. The summed E-state index contributed by atoms with van der Waals surface area (Å²) in [6, 6.07) is 23.0. The fourth-order valence-electron chi connectivity index (χ4n) is 4.54. The summed E-state index contributed by atoms with van der Waals surface area (Å²) >= 11 is 0. The first kappa shape index (κ1) is 20.5. The summed E-state index contributed by atoms with van der Waals surface area (Å²) in [5.41, 5.74) is 6.50. The van der Waals surface area contributed by atoms with Gasteiger partial charge in [-0.2, -0.15) is 0 Å². The monoisotopic (exact) mass is 400 g/mol. The number of halogens is 1. The van der Waals surface area contributed by atoms with Gasteiger partial charge in [0.2, 0.25) is 0 Å². The molecule has 0 N–H and O–H groups in total. The van der Waals surface area contributed by atoms with Gasteiger partial charge in [-0.3, -0.25) is 0 Å². The molecule has 30 heavy (non-hydrogen) atoms. The molecule has 0 atom stereocenters. The van der Waals surface area contributed by atoms with Crippen molar-refractivity contribution < 1.29 is 8.97 Å². The predicted octanol–water partition coefficient (Wildman–Crippen LogP) is 7.30. The van der Waals surface area contributed by atoms with E-state index in [1.807, 2.05) is 19.2 Å². The zero-order valence-corrected chi connectivity index (χ0v) is 18.1. The molecule has 0 heterocycles. The Morgan fingerprint density at radius 1 is 0.800 bits per heavy atom. The topological polar surface area (TPSA) is 3.01 Å². The minimum atomic E-state index is -0.181. The Hall–Kier alpha value is -2.74. The van der Waals surface area contributed by atoms with Crippen LogP contribution in [0.1, 0.15) is 49.7 Å². The van der Waals surface area contributed by atoms with Crippen LogP contribution in [0.2, 0.25) is 0 Å². The van der Waals surface area contributed by atoms with Crippen molar-refractivity contribution in [3.8, 4) is 22.3 Å². The van der Waals surface area contributed by atoms with Crippen LogP contribution in [0.25, 0.3) is 22.3 Å². The molecule has 0 aliphatic heterocycles. The molecule has 0 radical (unpaired) electrons. The number of nitrogens with zero attached hydrogens (tertiary/aromatic N) is 1. The molecule has 154 valence electrons. The highest BCUT2D eigenvalue weighted by Crippen LogP contribution is 2.36. The minimum Gasteiger partial charge on any atom is -0.240 e. The molecule has 3 aromatic carbocycles. The van der Waals surface area contributed by atoms with Gasteiger partial charge in [0.15, 0.2) is 6.54 Å². The van der Waals surface area contributed by atoms with Crippen LogP contribution in [0, 0.1) is 11.7 Å². The lowest BCUT2D eigenvalue weighted by atomic mass is 9.79. The van der Waals surface area contributed by atoms with E-state index in [1.165, 1.54) is 42.4 Å². The molecule has 0 amide bonds. The number of hydrogen-bond acceptors (Lipinski definition) is 0. The first-order chi connectivity index (χ1) is 14.5. The third kappa shape index (κ3) is 4.70. The summed E-state index contributed by atoms with van der Waals surface area (Å²) in [6.07, 6.45) is 5.33. The van der Waals surface area contributed by atoms with Crippen LogP contribution in [0.5, 0.6) is 0 Å². The third-order valence-electron chi connectivity index (χ3n) is 6.44. The van der Waals surface area contributed by atoms with Gasteiger partial charge in [0.25, 0.3) is 0 Å². The van der Waals surface area contributed by atoms with Crippen LogP contribution in [0.15, 0.2) is 66.7 Å². The van der Waals surface area contributed by atoms with Crippen LogP contribution in [0.4, 0.5) is 4.39 Å². The van der Waals surface area contributed by atoms with E-state index in [9.17, 15) is 4.39 Å². The third-order valence-corrected chi connectivity index (χ3v) is 6.44. The molecule has 1 nitrogen and oxygen atoms in total. The molecule has 0 unspecified atom stereocenters. The van der Waals surface area contributed by atoms with Gasteiger partial charge in [-0.15, -0.1) is 0 Å². The van der Waals surface area contributed by atoms with Gasteiger partial charge in [-0.05, 0) is 64.6 Å². The number of benzene rings is 3. The Morgan fingerprint density at radius 3 is 1.83 bits per heavy atom. The molecule has 1 saturated carbocycles. The smallest absolute Gasteiger partial charge is 0.170 e. The van der Waals surface area contributed by atoms with Crippen molar-refractivity contribution in [1.82, 2.24) is 0 Å². The maximum atomic E-state index is 14.4. The molecule has 1 aliphatic carbocycles. The Kier molecular flexibility index (Phi) is 6.13. The van der Waals surface area contributed by atoms with Crippen molar-refractivity contribution >= 4 is 6.72 Å². The second-order valence-corrected chi connectivity index (χ2v) is 8.98. The molecule has 0 bridgehead atoms. The zero-order chi connectivity index (χ0) is 21.1. The van der Waals surface area contributed by atoms with Gasteiger partial charge in [0, 0.05) is 0 Å². The van der Waals surface area contributed by atoms with Crippen molar-refractivity contribution in [2.24, 2.45) is 5.92 Å². The summed E-state index contributed by atoms with van der Waals surface area (Å²) in [6.45, 7) is 6.66. The fraction of sp³-hybridized carbons (Fsp3) is 0.321. The Morgan fingerprint density at radius 2 is 1.30 bits per heavy atom. The first-order valence-electron chi connectivity index (χ1n) is 11.0. The van der Waals surface area contributed by atoms with Crippen LogP contribution in [-0.4, -0.2) is 18.3 Å². The van der Waals surface area contributed by atoms with Gasteiger partial charge in [0.1, 0.15) is 19.6 Å². The van der Waals surface area contributed by atoms with E-state index < -0.39 is 0 Å². The van der Waals surface area contributed by atoms with E-state index in [2.05, 4.69) is 62.2 Å². The van der Waals surface area contributed by atoms with Gasteiger partial charge in [-0.1, -0.05) is 74.4 Å². The Bertz CT molecular complexity index is 1010. The van der Waals surface area contributed by atoms with Crippen molar-refractivity contribution in [3.63, 3.8) is 0 Å². The maximum absolute atomic E-state index is 14.4. The van der Waals surface area contributed by atoms with Gasteiger partial charge < -0.3 is 0 Å². The molecule has 1 aliphatic rings. The van der Waals surface area contributed by atoms with Crippen LogP contribution in [0.3, 0.4) is 0 Å². The van der Waals surface area contributed by atoms with E-state index in [0.717, 1.165) is 23.0 Å². The highest BCUT2D eigenvalue weighted by molar-refractivity contribution is 5.70. The van der Waals surface area contributed by atoms with E-state index >= 15 is 0 Å². The SMILES string of the molecule is C=[N+](C)Cc1ccc(-c2ccc(-c3ccc(C4CCC(C)CC4)cc3)cc2)cc1F. The summed E-state index contributed by atoms with van der Waals surface area (Å²) in [7, 11) is 1.84. The molecule has 4 rings (SSSR count). The molecule has 0 saturated heterocycles. The first-order valence-corrected chi connectivity index (χ1v) is 11.0. The van der Waals surface area contributed by atoms with Gasteiger partial charge in [-0.25, -0.2) is 8.97 Å². The van der Waals surface area contributed by atoms with Gasteiger partial charge in [0.05, 0.1) is 5.56 Å². The van der Waals surface area contributed by atoms with E-state index in [0.29, 0.717) is 12.1 Å². The van der Waals surface area contributed by atoms with Crippen LogP contribution < -0.4 is 0 Å². The second kappa shape index (κ2) is 8.95. The summed E-state index contributed by atoms with van der Waals surface area (Å²) < 4.78 is 16.1. The van der Waals surface area contributed by atoms with Crippen LogP contribution in [-0.2, 0) is 6.54 Å². The van der Waals surface area contributed by atoms with E-state index in [4.69, 9.17) is 0 Å². The maximum Gasteiger partial charge on any atom is 0.170 e. The number of hydrogen-bond donors (Lipinski definition) is 0. The lowest BCUT2D eigenvalue weighted by Crippen LogP contribution is -2.10. The molecule has 3 aromatic rings. The van der Waals surface area contributed by atoms with Gasteiger partial charge >= 0.3 is 0 Å². The number of rotatable bonds is 5. The van der Waals surface area contributed by atoms with Crippen molar-refractivity contribution in [2.75, 3.05) is 7.05 Å². The van der Waals surface area contributed by atoms with Crippen molar-refractivity contribution in [1.29, 1.82) is 0 Å². The lowest BCUT2D eigenvalue weighted by molar-refractivity contribution is -0.505. The summed E-state index contributed by atoms with van der Waals surface area (Å²) in [5, 5.41) is 0. The highest BCUT2D eigenvalue weighted by Gasteiger charge is 2.19. The van der Waals surface area contributed by atoms with E-state index in [-0.39, 0.29) is 5.82 Å². The molecule has 2 heteroatoms. The Balaban J connectivity index is 1.48. The highest BCUT2D eigenvalue weighted by atomic mass is 19.1. The fourth-order valence-corrected chi connectivity index (χ4v) is 4.54. The van der Waals surface area contributed by atoms with Crippen molar-refractivity contribution in [3.05, 3.63) is 83.7 Å². The van der Waals surface area contributed by atoms with Crippen molar-refractivity contribution in [2.45, 2.75) is 45.1 Å². The standard InChI is InChI=1S/C28H31FN/c1-20-4-6-21(7-5-20)22-8-10-23(11-9-22)24-12-14-25(15-13-24)26-16-17-27(19-30(2)3)28(29)18-26/h8-18,20-21H,2,4-7,19H2,1,3H3/q+1. The van der Waals surface area contributed by atoms with E-state index in [1.54, 1.807) is 10.6 Å². The van der Waals surface area contributed by atoms with Crippen LogP contribution >= 0.6 is 0 Å². The molecular weight excluding hydrogens is 369 g/mol.